The Morgan fingerprint density at radius 3 is 2.55 bits per heavy atom. The van der Waals surface area contributed by atoms with Crippen molar-refractivity contribution < 1.29 is 9.53 Å². The molecule has 22 heavy (non-hydrogen) atoms. The fourth-order valence-electron chi connectivity index (χ4n) is 1.81. The van der Waals surface area contributed by atoms with E-state index >= 15 is 0 Å². The summed E-state index contributed by atoms with van der Waals surface area (Å²) in [7, 11) is 1.63. The van der Waals surface area contributed by atoms with Gasteiger partial charge in [-0.05, 0) is 37.6 Å². The molecule has 0 saturated heterocycles. The standard InChI is InChI=1S/C16H20N4O2/c1-12-4-6-13(7-5-12)18-15-9-8-14(19-20-15)16(21)17-10-3-11-22-2/h4-9H,3,10-11H2,1-2H3,(H,17,21)(H,18,20). The van der Waals surface area contributed by atoms with Crippen molar-refractivity contribution in [1.29, 1.82) is 0 Å². The molecule has 1 heterocycles. The Balaban J connectivity index is 1.89. The van der Waals surface area contributed by atoms with Crippen LogP contribution in [0.15, 0.2) is 36.4 Å². The molecule has 6 heteroatoms. The van der Waals surface area contributed by atoms with Crippen molar-refractivity contribution in [2.24, 2.45) is 0 Å². The topological polar surface area (TPSA) is 76.1 Å². The van der Waals surface area contributed by atoms with Gasteiger partial charge in [0.15, 0.2) is 11.5 Å². The molecule has 0 aliphatic rings. The summed E-state index contributed by atoms with van der Waals surface area (Å²) >= 11 is 0. The van der Waals surface area contributed by atoms with E-state index in [0.717, 1.165) is 12.1 Å². The van der Waals surface area contributed by atoms with Gasteiger partial charge in [-0.25, -0.2) is 0 Å². The minimum absolute atomic E-state index is 0.231. The smallest absolute Gasteiger partial charge is 0.271 e. The van der Waals surface area contributed by atoms with Gasteiger partial charge in [-0.15, -0.1) is 10.2 Å². The number of rotatable bonds is 7. The van der Waals surface area contributed by atoms with E-state index in [2.05, 4.69) is 20.8 Å². The second kappa shape index (κ2) is 8.09. The summed E-state index contributed by atoms with van der Waals surface area (Å²) in [5, 5.41) is 13.9. The average molecular weight is 300 g/mol. The van der Waals surface area contributed by atoms with Crippen molar-refractivity contribution in [3.63, 3.8) is 0 Å². The Hall–Kier alpha value is -2.47. The van der Waals surface area contributed by atoms with E-state index in [0.29, 0.717) is 24.7 Å². The molecular formula is C16H20N4O2. The molecule has 0 bridgehead atoms. The van der Waals surface area contributed by atoms with E-state index in [1.165, 1.54) is 5.56 Å². The summed E-state index contributed by atoms with van der Waals surface area (Å²) in [4.78, 5) is 11.8. The second-order valence-corrected chi connectivity index (χ2v) is 4.90. The van der Waals surface area contributed by atoms with Crippen LogP contribution in [0.4, 0.5) is 11.5 Å². The van der Waals surface area contributed by atoms with Crippen molar-refractivity contribution >= 4 is 17.4 Å². The lowest BCUT2D eigenvalue weighted by Gasteiger charge is -2.06. The number of carbonyl (C=O) groups excluding carboxylic acids is 1. The average Bonchev–Trinajstić information content (AvgIpc) is 2.54. The fraction of sp³-hybridized carbons (Fsp3) is 0.312. The molecule has 1 aromatic heterocycles. The maximum atomic E-state index is 11.8. The maximum Gasteiger partial charge on any atom is 0.271 e. The third-order valence-electron chi connectivity index (χ3n) is 3.03. The van der Waals surface area contributed by atoms with Crippen LogP contribution in [0.1, 0.15) is 22.5 Å². The number of aryl methyl sites for hydroxylation is 1. The Morgan fingerprint density at radius 1 is 1.14 bits per heavy atom. The van der Waals surface area contributed by atoms with E-state index in [1.54, 1.807) is 19.2 Å². The van der Waals surface area contributed by atoms with Gasteiger partial charge in [0.1, 0.15) is 0 Å². The number of nitrogens with zero attached hydrogens (tertiary/aromatic N) is 2. The summed E-state index contributed by atoms with van der Waals surface area (Å²) in [6, 6.07) is 11.3. The zero-order chi connectivity index (χ0) is 15.8. The third kappa shape index (κ3) is 4.82. The van der Waals surface area contributed by atoms with Crippen LogP contribution >= 0.6 is 0 Å². The summed E-state index contributed by atoms with van der Waals surface area (Å²) in [6.45, 7) is 3.20. The summed E-state index contributed by atoms with van der Waals surface area (Å²) < 4.78 is 4.92. The minimum atomic E-state index is -0.231. The Bertz CT molecular complexity index is 597. The van der Waals surface area contributed by atoms with E-state index in [9.17, 15) is 4.79 Å². The summed E-state index contributed by atoms with van der Waals surface area (Å²) in [5.41, 5.74) is 2.42. The number of benzene rings is 1. The number of nitrogens with one attached hydrogen (secondary N) is 2. The van der Waals surface area contributed by atoms with Crippen LogP contribution in [0.2, 0.25) is 0 Å². The van der Waals surface area contributed by atoms with Gasteiger partial charge in [-0.1, -0.05) is 17.7 Å². The Labute approximate surface area is 129 Å². The van der Waals surface area contributed by atoms with Crippen LogP contribution in [0, 0.1) is 6.92 Å². The highest BCUT2D eigenvalue weighted by molar-refractivity contribution is 5.92. The second-order valence-electron chi connectivity index (χ2n) is 4.90. The lowest BCUT2D eigenvalue weighted by Crippen LogP contribution is -2.26. The molecular weight excluding hydrogens is 280 g/mol. The Morgan fingerprint density at radius 2 is 1.91 bits per heavy atom. The van der Waals surface area contributed by atoms with E-state index in [-0.39, 0.29) is 5.91 Å². The van der Waals surface area contributed by atoms with Gasteiger partial charge >= 0.3 is 0 Å². The number of hydrogen-bond donors (Lipinski definition) is 2. The first kappa shape index (κ1) is 15.9. The van der Waals surface area contributed by atoms with Crippen LogP contribution in [0.3, 0.4) is 0 Å². The summed E-state index contributed by atoms with van der Waals surface area (Å²) in [5.74, 6) is 0.366. The Kier molecular flexibility index (Phi) is 5.85. The van der Waals surface area contributed by atoms with Gasteiger partial charge in [-0.2, -0.15) is 0 Å². The highest BCUT2D eigenvalue weighted by Gasteiger charge is 2.07. The quantitative estimate of drug-likeness (QED) is 0.767. The predicted molar refractivity (Wildman–Crippen MR) is 85.3 cm³/mol. The number of methoxy groups -OCH3 is 1. The molecule has 0 radical (unpaired) electrons. The van der Waals surface area contributed by atoms with Crippen LogP contribution < -0.4 is 10.6 Å². The van der Waals surface area contributed by atoms with Crippen LogP contribution in [-0.2, 0) is 4.74 Å². The number of amides is 1. The van der Waals surface area contributed by atoms with Gasteiger partial charge in [0, 0.05) is 25.9 Å². The molecule has 0 unspecified atom stereocenters. The first-order chi connectivity index (χ1) is 10.7. The van der Waals surface area contributed by atoms with Gasteiger partial charge in [0.25, 0.3) is 5.91 Å². The molecule has 0 fully saturated rings. The zero-order valence-electron chi connectivity index (χ0n) is 12.8. The molecule has 6 nitrogen and oxygen atoms in total. The van der Waals surface area contributed by atoms with Gasteiger partial charge < -0.3 is 15.4 Å². The van der Waals surface area contributed by atoms with Crippen molar-refractivity contribution in [3.05, 3.63) is 47.7 Å². The van der Waals surface area contributed by atoms with Crippen molar-refractivity contribution in [1.82, 2.24) is 15.5 Å². The molecule has 1 amide bonds. The van der Waals surface area contributed by atoms with Crippen molar-refractivity contribution in [3.8, 4) is 0 Å². The number of anilines is 2. The lowest BCUT2D eigenvalue weighted by molar-refractivity contribution is 0.0942. The van der Waals surface area contributed by atoms with Crippen molar-refractivity contribution in [2.75, 3.05) is 25.6 Å². The maximum absolute atomic E-state index is 11.8. The highest BCUT2D eigenvalue weighted by Crippen LogP contribution is 2.14. The fourth-order valence-corrected chi connectivity index (χ4v) is 1.81. The molecule has 116 valence electrons. The minimum Gasteiger partial charge on any atom is -0.385 e. The van der Waals surface area contributed by atoms with E-state index in [1.807, 2.05) is 31.2 Å². The lowest BCUT2D eigenvalue weighted by atomic mass is 10.2. The number of aromatic nitrogens is 2. The van der Waals surface area contributed by atoms with E-state index in [4.69, 9.17) is 4.74 Å². The largest absolute Gasteiger partial charge is 0.385 e. The van der Waals surface area contributed by atoms with Gasteiger partial charge in [0.05, 0.1) is 0 Å². The molecule has 2 aromatic rings. The molecule has 1 aromatic carbocycles. The molecule has 0 spiro atoms. The van der Waals surface area contributed by atoms with E-state index < -0.39 is 0 Å². The third-order valence-corrected chi connectivity index (χ3v) is 3.03. The zero-order valence-corrected chi connectivity index (χ0v) is 12.8. The van der Waals surface area contributed by atoms with Gasteiger partial charge in [0.2, 0.25) is 0 Å². The molecule has 0 aliphatic carbocycles. The number of ether oxygens (including phenoxy) is 1. The first-order valence-corrected chi connectivity index (χ1v) is 7.13. The van der Waals surface area contributed by atoms with Crippen LogP contribution in [0.25, 0.3) is 0 Å². The molecule has 2 N–H and O–H groups in total. The number of hydrogen-bond acceptors (Lipinski definition) is 5. The molecule has 2 rings (SSSR count). The normalized spacial score (nSPS) is 10.3. The van der Waals surface area contributed by atoms with Crippen LogP contribution in [0.5, 0.6) is 0 Å². The molecule has 0 saturated carbocycles. The first-order valence-electron chi connectivity index (χ1n) is 7.13. The van der Waals surface area contributed by atoms with Crippen molar-refractivity contribution in [2.45, 2.75) is 13.3 Å². The SMILES string of the molecule is COCCCNC(=O)c1ccc(Nc2ccc(C)cc2)nn1. The monoisotopic (exact) mass is 300 g/mol. The van der Waals surface area contributed by atoms with Crippen LogP contribution in [-0.4, -0.2) is 36.4 Å². The molecule has 0 atom stereocenters. The predicted octanol–water partition coefficient (Wildman–Crippen LogP) is 2.29. The summed E-state index contributed by atoms with van der Waals surface area (Å²) in [6.07, 6.45) is 0.767. The highest BCUT2D eigenvalue weighted by atomic mass is 16.5. The number of carbonyl (C=O) groups is 1. The van der Waals surface area contributed by atoms with Gasteiger partial charge in [-0.3, -0.25) is 4.79 Å². The molecule has 0 aliphatic heterocycles.